The molecule has 0 fully saturated rings. The van der Waals surface area contributed by atoms with Crippen LogP contribution in [0, 0.1) is 0 Å². The first kappa shape index (κ1) is 17.9. The van der Waals surface area contributed by atoms with Crippen LogP contribution in [-0.4, -0.2) is 23.0 Å². The van der Waals surface area contributed by atoms with Gasteiger partial charge in [0.1, 0.15) is 21.5 Å². The molecule has 3 rings (SSSR count). The quantitative estimate of drug-likeness (QED) is 0.683. The Balaban J connectivity index is 2.25. The first-order valence-corrected chi connectivity index (χ1v) is 9.76. The maximum atomic E-state index is 13.3. The van der Waals surface area contributed by atoms with Gasteiger partial charge in [0.2, 0.25) is 5.89 Å². The summed E-state index contributed by atoms with van der Waals surface area (Å²) >= 11 is 6.26. The number of rotatable bonds is 3. The van der Waals surface area contributed by atoms with Crippen molar-refractivity contribution in [3.8, 4) is 0 Å². The van der Waals surface area contributed by atoms with E-state index in [4.69, 9.17) is 16.0 Å². The lowest BCUT2D eigenvalue weighted by Crippen LogP contribution is -2.15. The fraction of sp³-hybridized carbons (Fsp3) is 0.412. The molecule has 0 aliphatic carbocycles. The van der Waals surface area contributed by atoms with E-state index in [2.05, 4.69) is 9.97 Å². The largest absolute Gasteiger partial charge is 0.439 e. The molecule has 0 saturated carbocycles. The van der Waals surface area contributed by atoms with E-state index in [0.29, 0.717) is 17.2 Å². The first-order valence-electron chi connectivity index (χ1n) is 7.84. The third-order valence-electron chi connectivity index (χ3n) is 4.08. The van der Waals surface area contributed by atoms with E-state index in [1.165, 1.54) is 6.07 Å². The molecule has 0 aliphatic rings. The van der Waals surface area contributed by atoms with E-state index in [-0.39, 0.29) is 20.9 Å². The number of sulfone groups is 1. The van der Waals surface area contributed by atoms with Crippen LogP contribution in [-0.2, 0) is 22.3 Å². The van der Waals surface area contributed by atoms with E-state index < -0.39 is 15.1 Å². The first-order chi connectivity index (χ1) is 11.5. The van der Waals surface area contributed by atoms with E-state index in [9.17, 15) is 8.42 Å². The molecule has 134 valence electrons. The molecule has 0 N–H and O–H groups in total. The fourth-order valence-electron chi connectivity index (χ4n) is 2.61. The highest BCUT2D eigenvalue weighted by atomic mass is 35.5. The average molecular weight is 382 g/mol. The molecule has 0 spiro atoms. The van der Waals surface area contributed by atoms with E-state index in [1.807, 2.05) is 20.8 Å². The lowest BCUT2D eigenvalue weighted by molar-refractivity contribution is 0.408. The zero-order valence-electron chi connectivity index (χ0n) is 14.7. The second-order valence-corrected chi connectivity index (χ2v) is 9.69. The minimum atomic E-state index is -3.82. The van der Waals surface area contributed by atoms with Gasteiger partial charge in [-0.2, -0.15) is 0 Å². The van der Waals surface area contributed by atoms with Gasteiger partial charge >= 0.3 is 0 Å². The van der Waals surface area contributed by atoms with Crippen LogP contribution in [0.15, 0.2) is 33.8 Å². The molecule has 0 bridgehead atoms. The minimum Gasteiger partial charge on any atom is -0.439 e. The van der Waals surface area contributed by atoms with Crippen molar-refractivity contribution in [1.82, 2.24) is 14.5 Å². The second kappa shape index (κ2) is 5.85. The molecule has 1 atom stereocenters. The second-order valence-electron chi connectivity index (χ2n) is 7.08. The van der Waals surface area contributed by atoms with Crippen LogP contribution in [0.1, 0.15) is 44.7 Å². The summed E-state index contributed by atoms with van der Waals surface area (Å²) in [5.74, 6) is 0.898. The highest BCUT2D eigenvalue weighted by Crippen LogP contribution is 2.38. The van der Waals surface area contributed by atoms with Gasteiger partial charge in [0.25, 0.3) is 0 Å². The van der Waals surface area contributed by atoms with Crippen molar-refractivity contribution in [2.75, 3.05) is 0 Å². The summed E-state index contributed by atoms with van der Waals surface area (Å²) < 4.78 is 34.0. The van der Waals surface area contributed by atoms with Gasteiger partial charge in [0, 0.05) is 24.9 Å². The summed E-state index contributed by atoms with van der Waals surface area (Å²) in [6.07, 6.45) is 3.27. The van der Waals surface area contributed by atoms with Crippen molar-refractivity contribution in [3.63, 3.8) is 0 Å². The van der Waals surface area contributed by atoms with Crippen LogP contribution in [0.4, 0.5) is 0 Å². The predicted molar refractivity (Wildman–Crippen MR) is 96.5 cm³/mol. The van der Waals surface area contributed by atoms with Crippen LogP contribution in [0.25, 0.3) is 11.1 Å². The Kier molecular flexibility index (Phi) is 4.20. The molecular formula is C17H20ClN3O3S. The Labute approximate surface area is 151 Å². The van der Waals surface area contributed by atoms with Gasteiger partial charge in [-0.25, -0.2) is 18.4 Å². The van der Waals surface area contributed by atoms with Gasteiger partial charge in [0.15, 0.2) is 15.4 Å². The van der Waals surface area contributed by atoms with Crippen molar-refractivity contribution in [3.05, 3.63) is 41.3 Å². The predicted octanol–water partition coefficient (Wildman–Crippen LogP) is 4.05. The number of oxazole rings is 1. The summed E-state index contributed by atoms with van der Waals surface area (Å²) in [4.78, 5) is 8.55. The van der Waals surface area contributed by atoms with Crippen LogP contribution in [0.3, 0.4) is 0 Å². The van der Waals surface area contributed by atoms with Crippen molar-refractivity contribution in [2.45, 2.75) is 43.3 Å². The molecule has 25 heavy (non-hydrogen) atoms. The number of halogens is 1. The summed E-state index contributed by atoms with van der Waals surface area (Å²) in [5.41, 5.74) is 0.316. The van der Waals surface area contributed by atoms with Crippen LogP contribution in [0.2, 0.25) is 5.02 Å². The van der Waals surface area contributed by atoms with E-state index >= 15 is 0 Å². The number of benzene rings is 1. The number of nitrogens with zero attached hydrogens (tertiary/aromatic N) is 3. The molecule has 1 aromatic carbocycles. The molecule has 1 unspecified atom stereocenters. The molecule has 6 nitrogen and oxygen atoms in total. The molecule has 0 aliphatic heterocycles. The fourth-order valence-corrected chi connectivity index (χ4v) is 4.69. The van der Waals surface area contributed by atoms with Crippen molar-refractivity contribution in [2.24, 2.45) is 7.05 Å². The molecule has 2 aromatic heterocycles. The number of fused-ring (bicyclic) bond motifs is 1. The zero-order chi connectivity index (χ0) is 18.6. The minimum absolute atomic E-state index is 0.0369. The summed E-state index contributed by atoms with van der Waals surface area (Å²) in [5, 5.41) is -0.760. The summed E-state index contributed by atoms with van der Waals surface area (Å²) in [6, 6.07) is 3.21. The Bertz CT molecular complexity index is 1040. The van der Waals surface area contributed by atoms with Gasteiger partial charge in [-0.15, -0.1) is 0 Å². The number of imidazole rings is 1. The Morgan fingerprint density at radius 2 is 1.96 bits per heavy atom. The average Bonchev–Trinajstić information content (AvgIpc) is 3.11. The molecule has 0 amide bonds. The van der Waals surface area contributed by atoms with Gasteiger partial charge < -0.3 is 8.98 Å². The molecule has 0 radical (unpaired) electrons. The number of aryl methyl sites for hydroxylation is 1. The highest BCUT2D eigenvalue weighted by molar-refractivity contribution is 7.92. The molecule has 3 aromatic rings. The number of hydrogen-bond donors (Lipinski definition) is 0. The van der Waals surface area contributed by atoms with E-state index in [1.54, 1.807) is 37.0 Å². The third kappa shape index (κ3) is 2.95. The van der Waals surface area contributed by atoms with Crippen LogP contribution in [0.5, 0.6) is 0 Å². The maximum absolute atomic E-state index is 13.3. The SMILES string of the molecule is CC(c1nccn1C)S(=O)(=O)c1c(Cl)ccc2nc(C(C)(C)C)oc12. The Morgan fingerprint density at radius 1 is 1.28 bits per heavy atom. The molecular weight excluding hydrogens is 362 g/mol. The standard InChI is InChI=1S/C17H20ClN3O3S/c1-10(15-19-8-9-21(15)5)25(22,23)14-11(18)6-7-12-13(14)24-16(20-12)17(2,3)4/h6-10H,1-5H3. The van der Waals surface area contributed by atoms with E-state index in [0.717, 1.165) is 0 Å². The van der Waals surface area contributed by atoms with Crippen molar-refractivity contribution >= 4 is 32.5 Å². The monoisotopic (exact) mass is 381 g/mol. The van der Waals surface area contributed by atoms with Gasteiger partial charge in [-0.1, -0.05) is 32.4 Å². The summed E-state index contributed by atoms with van der Waals surface area (Å²) in [7, 11) is -2.07. The highest BCUT2D eigenvalue weighted by Gasteiger charge is 2.34. The van der Waals surface area contributed by atoms with Crippen molar-refractivity contribution in [1.29, 1.82) is 0 Å². The van der Waals surface area contributed by atoms with Gasteiger partial charge in [-0.05, 0) is 19.1 Å². The molecule has 8 heteroatoms. The lowest BCUT2D eigenvalue weighted by Gasteiger charge is -2.14. The Morgan fingerprint density at radius 3 is 2.52 bits per heavy atom. The van der Waals surface area contributed by atoms with Crippen molar-refractivity contribution < 1.29 is 12.8 Å². The smallest absolute Gasteiger partial charge is 0.200 e. The molecule has 2 heterocycles. The molecule has 0 saturated heterocycles. The van der Waals surface area contributed by atoms with Crippen LogP contribution >= 0.6 is 11.6 Å². The number of aromatic nitrogens is 3. The normalized spacial score (nSPS) is 14.2. The zero-order valence-corrected chi connectivity index (χ0v) is 16.3. The Hall–Kier alpha value is -1.86. The topological polar surface area (TPSA) is 78.0 Å². The summed E-state index contributed by atoms with van der Waals surface area (Å²) in [6.45, 7) is 7.44. The van der Waals surface area contributed by atoms with Gasteiger partial charge in [0.05, 0.1) is 5.02 Å². The lowest BCUT2D eigenvalue weighted by atomic mass is 9.97. The van der Waals surface area contributed by atoms with Gasteiger partial charge in [-0.3, -0.25) is 0 Å². The number of hydrogen-bond acceptors (Lipinski definition) is 5. The van der Waals surface area contributed by atoms with Crippen LogP contribution < -0.4 is 0 Å². The maximum Gasteiger partial charge on any atom is 0.200 e. The third-order valence-corrected chi connectivity index (χ3v) is 6.62.